The minimum absolute atomic E-state index is 0.170. The monoisotopic (exact) mass is 349 g/mol. The zero-order valence-electron chi connectivity index (χ0n) is 9.50. The zero-order valence-corrected chi connectivity index (χ0v) is 12.7. The summed E-state index contributed by atoms with van der Waals surface area (Å²) < 4.78 is 52.3. The minimum Gasteiger partial charge on any atom is -0.375 e. The molecule has 17 heavy (non-hydrogen) atoms. The Morgan fingerprint density at radius 3 is 2.47 bits per heavy atom. The van der Waals surface area contributed by atoms with Gasteiger partial charge in [0.25, 0.3) is 0 Å². The van der Waals surface area contributed by atoms with Gasteiger partial charge in [-0.2, -0.15) is 4.31 Å². The van der Waals surface area contributed by atoms with E-state index < -0.39 is 19.9 Å². The lowest BCUT2D eigenvalue weighted by molar-refractivity contribution is 0.0137. The quantitative estimate of drug-likeness (QED) is 0.622. The Hall–Kier alpha value is 0.300. The van der Waals surface area contributed by atoms with E-state index >= 15 is 0 Å². The molecule has 0 N–H and O–H groups in total. The van der Waals surface area contributed by atoms with Gasteiger partial charge in [-0.05, 0) is 0 Å². The van der Waals surface area contributed by atoms with Gasteiger partial charge >= 0.3 is 0 Å². The van der Waals surface area contributed by atoms with Gasteiger partial charge in [0.15, 0.2) is 0 Å². The Kier molecular flexibility index (Phi) is 5.39. The number of nitrogens with zero attached hydrogens (tertiary/aromatic N) is 1. The normalized spacial score (nSPS) is 23.8. The van der Waals surface area contributed by atoms with Gasteiger partial charge in [0.1, 0.15) is 9.84 Å². The molecule has 1 atom stereocenters. The van der Waals surface area contributed by atoms with Crippen LogP contribution in [-0.2, 0) is 24.6 Å². The van der Waals surface area contributed by atoms with E-state index in [4.69, 9.17) is 4.74 Å². The first kappa shape index (κ1) is 15.4. The average molecular weight is 350 g/mol. The summed E-state index contributed by atoms with van der Waals surface area (Å²) in [6, 6.07) is 0. The van der Waals surface area contributed by atoms with Crippen molar-refractivity contribution in [3.8, 4) is 0 Å². The van der Waals surface area contributed by atoms with Crippen LogP contribution in [0.2, 0.25) is 0 Å². The number of hydrogen-bond donors (Lipinski definition) is 0. The van der Waals surface area contributed by atoms with Crippen LogP contribution in [0.1, 0.15) is 0 Å². The summed E-state index contributed by atoms with van der Waals surface area (Å²) in [5.41, 5.74) is 0. The van der Waals surface area contributed by atoms with Gasteiger partial charge in [0, 0.05) is 24.7 Å². The molecule has 1 aliphatic heterocycles. The Balaban J connectivity index is 2.64. The van der Waals surface area contributed by atoms with Gasteiger partial charge in [0.05, 0.1) is 24.2 Å². The van der Waals surface area contributed by atoms with Crippen LogP contribution >= 0.6 is 15.9 Å². The van der Waals surface area contributed by atoms with E-state index in [1.165, 1.54) is 4.31 Å². The van der Waals surface area contributed by atoms with Crippen molar-refractivity contribution in [2.24, 2.45) is 0 Å². The second-order valence-electron chi connectivity index (χ2n) is 3.95. The number of morpholine rings is 1. The van der Waals surface area contributed by atoms with E-state index in [1.54, 1.807) is 0 Å². The smallest absolute Gasteiger partial charge is 0.215 e. The highest BCUT2D eigenvalue weighted by Crippen LogP contribution is 2.12. The standard InChI is InChI=1S/C8H16BrNO5S2/c1-16(11,12)4-5-17(13,14)10-2-3-15-8(6-9)7-10/h8H,2-7H2,1H3. The summed E-state index contributed by atoms with van der Waals surface area (Å²) in [5.74, 6) is -0.702. The summed E-state index contributed by atoms with van der Waals surface area (Å²) in [6.07, 6.45) is 0.861. The molecular formula is C8H16BrNO5S2. The molecule has 1 aliphatic rings. The van der Waals surface area contributed by atoms with Gasteiger partial charge < -0.3 is 4.74 Å². The van der Waals surface area contributed by atoms with Gasteiger partial charge in [0.2, 0.25) is 10.0 Å². The van der Waals surface area contributed by atoms with Crippen LogP contribution in [0.15, 0.2) is 0 Å². The molecule has 0 aromatic carbocycles. The van der Waals surface area contributed by atoms with E-state index in [9.17, 15) is 16.8 Å². The molecule has 1 fully saturated rings. The molecule has 1 saturated heterocycles. The first-order valence-electron chi connectivity index (χ1n) is 5.08. The van der Waals surface area contributed by atoms with Crippen molar-refractivity contribution in [2.45, 2.75) is 6.10 Å². The molecule has 0 saturated carbocycles. The Labute approximate surface area is 110 Å². The van der Waals surface area contributed by atoms with Crippen molar-refractivity contribution < 1.29 is 21.6 Å². The van der Waals surface area contributed by atoms with Crippen molar-refractivity contribution in [2.75, 3.05) is 42.8 Å². The molecule has 1 rings (SSSR count). The highest BCUT2D eigenvalue weighted by Gasteiger charge is 2.29. The molecule has 0 amide bonds. The number of ether oxygens (including phenoxy) is 1. The first-order valence-corrected chi connectivity index (χ1v) is 9.87. The van der Waals surface area contributed by atoms with Gasteiger partial charge in [-0.15, -0.1) is 0 Å². The number of sulfone groups is 1. The molecule has 0 radical (unpaired) electrons. The van der Waals surface area contributed by atoms with Crippen molar-refractivity contribution in [1.29, 1.82) is 0 Å². The van der Waals surface area contributed by atoms with Crippen LogP contribution in [-0.4, -0.2) is 70.0 Å². The van der Waals surface area contributed by atoms with E-state index in [2.05, 4.69) is 15.9 Å². The molecule has 6 nitrogen and oxygen atoms in total. The van der Waals surface area contributed by atoms with Crippen LogP contribution in [0.4, 0.5) is 0 Å². The lowest BCUT2D eigenvalue weighted by Gasteiger charge is -2.31. The maximum absolute atomic E-state index is 11.9. The second-order valence-corrected chi connectivity index (χ2v) is 8.95. The summed E-state index contributed by atoms with van der Waals surface area (Å²) in [5, 5.41) is 0.561. The summed E-state index contributed by atoms with van der Waals surface area (Å²) in [4.78, 5) is 0. The number of rotatable bonds is 5. The molecular weight excluding hydrogens is 334 g/mol. The average Bonchev–Trinajstić information content (AvgIpc) is 2.26. The van der Waals surface area contributed by atoms with E-state index in [0.29, 0.717) is 11.9 Å². The van der Waals surface area contributed by atoms with Crippen LogP contribution in [0.5, 0.6) is 0 Å². The third-order valence-electron chi connectivity index (χ3n) is 2.38. The van der Waals surface area contributed by atoms with Crippen LogP contribution < -0.4 is 0 Å². The SMILES string of the molecule is CS(=O)(=O)CCS(=O)(=O)N1CCOC(CBr)C1. The molecule has 0 bridgehead atoms. The van der Waals surface area contributed by atoms with Crippen LogP contribution in [0.3, 0.4) is 0 Å². The molecule has 0 aliphatic carbocycles. The Morgan fingerprint density at radius 2 is 1.94 bits per heavy atom. The van der Waals surface area contributed by atoms with E-state index in [-0.39, 0.29) is 30.7 Å². The molecule has 9 heteroatoms. The van der Waals surface area contributed by atoms with Gasteiger partial charge in [-0.25, -0.2) is 16.8 Å². The highest BCUT2D eigenvalue weighted by atomic mass is 79.9. The predicted molar refractivity (Wildman–Crippen MR) is 68.6 cm³/mol. The van der Waals surface area contributed by atoms with Crippen molar-refractivity contribution in [1.82, 2.24) is 4.31 Å². The van der Waals surface area contributed by atoms with Crippen molar-refractivity contribution in [3.63, 3.8) is 0 Å². The minimum atomic E-state index is -3.51. The maximum Gasteiger partial charge on any atom is 0.215 e. The third-order valence-corrected chi connectivity index (χ3v) is 6.14. The number of sulfonamides is 1. The predicted octanol–water partition coefficient (Wildman–Crippen LogP) is -0.543. The molecule has 0 aromatic heterocycles. The fourth-order valence-electron chi connectivity index (χ4n) is 1.42. The highest BCUT2D eigenvalue weighted by molar-refractivity contribution is 9.09. The Bertz CT molecular complexity index is 447. The topological polar surface area (TPSA) is 80.8 Å². The largest absolute Gasteiger partial charge is 0.375 e. The summed E-state index contributed by atoms with van der Waals surface area (Å²) in [6.45, 7) is 0.904. The maximum atomic E-state index is 11.9. The second kappa shape index (κ2) is 5.96. The number of alkyl halides is 1. The fraction of sp³-hybridized carbons (Fsp3) is 1.00. The lowest BCUT2D eigenvalue weighted by atomic mass is 10.3. The first-order chi connectivity index (χ1) is 7.74. The van der Waals surface area contributed by atoms with Gasteiger partial charge in [-0.3, -0.25) is 0 Å². The molecule has 1 unspecified atom stereocenters. The Morgan fingerprint density at radius 1 is 1.29 bits per heavy atom. The van der Waals surface area contributed by atoms with Crippen molar-refractivity contribution in [3.05, 3.63) is 0 Å². The van der Waals surface area contributed by atoms with Gasteiger partial charge in [-0.1, -0.05) is 15.9 Å². The number of halogens is 1. The summed E-state index contributed by atoms with van der Waals surface area (Å²) in [7, 11) is -6.77. The zero-order chi connectivity index (χ0) is 13.1. The molecule has 0 aromatic rings. The van der Waals surface area contributed by atoms with E-state index in [0.717, 1.165) is 6.26 Å². The molecule has 1 heterocycles. The van der Waals surface area contributed by atoms with Crippen LogP contribution in [0.25, 0.3) is 0 Å². The molecule has 102 valence electrons. The van der Waals surface area contributed by atoms with Crippen LogP contribution in [0, 0.1) is 0 Å². The molecule has 0 spiro atoms. The van der Waals surface area contributed by atoms with Crippen molar-refractivity contribution >= 4 is 35.8 Å². The van der Waals surface area contributed by atoms with E-state index in [1.807, 2.05) is 0 Å². The lowest BCUT2D eigenvalue weighted by Crippen LogP contribution is -2.47. The third kappa shape index (κ3) is 5.21. The fourth-order valence-corrected chi connectivity index (χ4v) is 4.87. The number of hydrogen-bond acceptors (Lipinski definition) is 5. The summed E-state index contributed by atoms with van der Waals surface area (Å²) >= 11 is 3.23.